The van der Waals surface area contributed by atoms with Crippen LogP contribution in [0, 0.1) is 6.92 Å². The van der Waals surface area contributed by atoms with Crippen molar-refractivity contribution in [3.05, 3.63) is 81.6 Å². The molecule has 1 saturated heterocycles. The van der Waals surface area contributed by atoms with E-state index in [0.29, 0.717) is 37.1 Å². The summed E-state index contributed by atoms with van der Waals surface area (Å²) < 4.78 is 6.81. The van der Waals surface area contributed by atoms with Gasteiger partial charge in [-0.2, -0.15) is 4.98 Å². The van der Waals surface area contributed by atoms with Gasteiger partial charge in [-0.3, -0.25) is 14.2 Å². The van der Waals surface area contributed by atoms with Crippen LogP contribution in [-0.2, 0) is 16.0 Å². The van der Waals surface area contributed by atoms with E-state index in [-0.39, 0.29) is 35.1 Å². The summed E-state index contributed by atoms with van der Waals surface area (Å²) in [6.45, 7) is 4.07. The van der Waals surface area contributed by atoms with Crippen LogP contribution in [0.25, 0.3) is 5.69 Å². The van der Waals surface area contributed by atoms with Crippen molar-refractivity contribution in [3.8, 4) is 11.6 Å². The third-order valence-electron chi connectivity index (χ3n) is 5.39. The Morgan fingerprint density at radius 3 is 2.50 bits per heavy atom. The van der Waals surface area contributed by atoms with Crippen LogP contribution >= 0.6 is 11.8 Å². The third kappa shape index (κ3) is 4.87. The number of amides is 1. The van der Waals surface area contributed by atoms with Crippen LogP contribution in [0.2, 0.25) is 0 Å². The van der Waals surface area contributed by atoms with Gasteiger partial charge >= 0.3 is 0 Å². The number of nitrogens with zero attached hydrogens (tertiary/aromatic N) is 3. The van der Waals surface area contributed by atoms with Crippen molar-refractivity contribution in [3.63, 3.8) is 0 Å². The molecule has 0 radical (unpaired) electrons. The second kappa shape index (κ2) is 10.0. The van der Waals surface area contributed by atoms with Gasteiger partial charge < -0.3 is 14.7 Å². The van der Waals surface area contributed by atoms with Gasteiger partial charge in [0.05, 0.1) is 30.2 Å². The van der Waals surface area contributed by atoms with Crippen molar-refractivity contribution in [2.45, 2.75) is 18.5 Å². The van der Waals surface area contributed by atoms with E-state index in [4.69, 9.17) is 4.74 Å². The number of aromatic hydroxyl groups is 1. The minimum atomic E-state index is -0.336. The van der Waals surface area contributed by atoms with E-state index in [1.54, 1.807) is 4.90 Å². The molecular formula is C24H25N3O4S. The average molecular weight is 452 g/mol. The number of carbonyl (C=O) groups excluding carboxylic acids is 1. The molecule has 1 aromatic heterocycles. The number of thioether (sulfide) groups is 1. The fourth-order valence-corrected chi connectivity index (χ4v) is 4.53. The summed E-state index contributed by atoms with van der Waals surface area (Å²) in [5, 5.41) is 10.9. The second-order valence-electron chi connectivity index (χ2n) is 7.57. The van der Waals surface area contributed by atoms with E-state index in [9.17, 15) is 14.7 Å². The first-order chi connectivity index (χ1) is 15.5. The van der Waals surface area contributed by atoms with E-state index in [2.05, 4.69) is 4.98 Å². The maximum Gasteiger partial charge on any atom is 0.266 e. The molecule has 166 valence electrons. The molecule has 2 aromatic carbocycles. The Bertz CT molecular complexity index is 1160. The smallest absolute Gasteiger partial charge is 0.266 e. The summed E-state index contributed by atoms with van der Waals surface area (Å²) >= 11 is 1.16. The van der Waals surface area contributed by atoms with Gasteiger partial charge in [0.2, 0.25) is 11.8 Å². The average Bonchev–Trinajstić information content (AvgIpc) is 2.82. The minimum absolute atomic E-state index is 0.0447. The van der Waals surface area contributed by atoms with Crippen LogP contribution in [0.3, 0.4) is 0 Å². The second-order valence-corrected chi connectivity index (χ2v) is 8.51. The number of ether oxygens (including phenoxy) is 1. The molecule has 0 spiro atoms. The zero-order valence-electron chi connectivity index (χ0n) is 17.9. The molecule has 1 aliphatic heterocycles. The highest BCUT2D eigenvalue weighted by Crippen LogP contribution is 2.25. The number of morpholine rings is 1. The quantitative estimate of drug-likeness (QED) is 0.458. The largest absolute Gasteiger partial charge is 0.493 e. The Morgan fingerprint density at radius 2 is 1.78 bits per heavy atom. The summed E-state index contributed by atoms with van der Waals surface area (Å²) in [7, 11) is 0. The van der Waals surface area contributed by atoms with Gasteiger partial charge in [-0.1, -0.05) is 60.3 Å². The molecule has 32 heavy (non-hydrogen) atoms. The molecule has 7 nitrogen and oxygen atoms in total. The number of hydrogen-bond donors (Lipinski definition) is 1. The Morgan fingerprint density at radius 1 is 1.09 bits per heavy atom. The molecule has 0 atom stereocenters. The number of aromatic nitrogens is 2. The van der Waals surface area contributed by atoms with Gasteiger partial charge in [0.15, 0.2) is 5.16 Å². The van der Waals surface area contributed by atoms with E-state index in [1.807, 2.05) is 61.5 Å². The van der Waals surface area contributed by atoms with Gasteiger partial charge in [-0.05, 0) is 24.1 Å². The molecule has 0 aliphatic carbocycles. The predicted octanol–water partition coefficient (Wildman–Crippen LogP) is 2.79. The van der Waals surface area contributed by atoms with Crippen molar-refractivity contribution in [2.24, 2.45) is 0 Å². The van der Waals surface area contributed by atoms with Crippen LogP contribution in [0.4, 0.5) is 0 Å². The Balaban J connectivity index is 1.71. The fraction of sp³-hybridized carbons (Fsp3) is 0.292. The lowest BCUT2D eigenvalue weighted by Crippen LogP contribution is -2.41. The fourth-order valence-electron chi connectivity index (χ4n) is 3.63. The number of carbonyl (C=O) groups is 1. The molecule has 1 amide bonds. The van der Waals surface area contributed by atoms with Crippen molar-refractivity contribution in [2.75, 3.05) is 32.1 Å². The molecular weight excluding hydrogens is 426 g/mol. The predicted molar refractivity (Wildman–Crippen MR) is 124 cm³/mol. The van der Waals surface area contributed by atoms with Gasteiger partial charge in [0.1, 0.15) is 0 Å². The maximum atomic E-state index is 13.6. The number of hydrogen-bond acceptors (Lipinski definition) is 6. The van der Waals surface area contributed by atoms with E-state index >= 15 is 0 Å². The summed E-state index contributed by atoms with van der Waals surface area (Å²) in [4.78, 5) is 32.3. The molecule has 1 N–H and O–H groups in total. The van der Waals surface area contributed by atoms with Crippen LogP contribution in [0.15, 0.2) is 64.5 Å². The zero-order chi connectivity index (χ0) is 22.5. The van der Waals surface area contributed by atoms with E-state index in [1.165, 1.54) is 4.57 Å². The molecule has 2 heterocycles. The van der Waals surface area contributed by atoms with Crippen molar-refractivity contribution in [1.82, 2.24) is 14.5 Å². The molecule has 1 fully saturated rings. The van der Waals surface area contributed by atoms with Crippen molar-refractivity contribution >= 4 is 17.7 Å². The lowest BCUT2D eigenvalue weighted by Gasteiger charge is -2.26. The highest BCUT2D eigenvalue weighted by atomic mass is 32.2. The lowest BCUT2D eigenvalue weighted by atomic mass is 10.1. The third-order valence-corrected chi connectivity index (χ3v) is 6.32. The van der Waals surface area contributed by atoms with Crippen LogP contribution in [0.5, 0.6) is 5.88 Å². The zero-order valence-corrected chi connectivity index (χ0v) is 18.7. The number of benzene rings is 2. The minimum Gasteiger partial charge on any atom is -0.493 e. The number of rotatable bonds is 6. The summed E-state index contributed by atoms with van der Waals surface area (Å²) in [6, 6.07) is 17.0. The highest BCUT2D eigenvalue weighted by Gasteiger charge is 2.22. The van der Waals surface area contributed by atoms with Crippen molar-refractivity contribution < 1.29 is 14.6 Å². The lowest BCUT2D eigenvalue weighted by molar-refractivity contribution is -0.132. The molecule has 0 bridgehead atoms. The summed E-state index contributed by atoms with van der Waals surface area (Å²) in [5.74, 6) is -0.225. The standard InChI is InChI=1S/C24H25N3O4S/c1-17-7-5-6-10-20(17)27-23(30)19(15-18-8-3-2-4-9-18)22(29)25-24(27)32-16-21(28)26-11-13-31-14-12-26/h2-10,29H,11-16H2,1H3. The Labute approximate surface area is 190 Å². The number of aryl methyl sites for hydroxylation is 1. The Kier molecular flexibility index (Phi) is 6.92. The van der Waals surface area contributed by atoms with Gasteiger partial charge in [-0.15, -0.1) is 0 Å². The first-order valence-corrected chi connectivity index (χ1v) is 11.5. The van der Waals surface area contributed by atoms with Crippen LogP contribution in [0.1, 0.15) is 16.7 Å². The van der Waals surface area contributed by atoms with E-state index < -0.39 is 0 Å². The van der Waals surface area contributed by atoms with Gasteiger partial charge in [0.25, 0.3) is 5.56 Å². The van der Waals surface area contributed by atoms with Gasteiger partial charge in [-0.25, -0.2) is 0 Å². The van der Waals surface area contributed by atoms with Crippen molar-refractivity contribution in [1.29, 1.82) is 0 Å². The summed E-state index contributed by atoms with van der Waals surface area (Å²) in [6.07, 6.45) is 0.266. The van der Waals surface area contributed by atoms with Gasteiger partial charge in [0, 0.05) is 19.5 Å². The van der Waals surface area contributed by atoms with E-state index in [0.717, 1.165) is 22.9 Å². The molecule has 0 unspecified atom stereocenters. The molecule has 3 aromatic rings. The molecule has 0 saturated carbocycles. The highest BCUT2D eigenvalue weighted by molar-refractivity contribution is 7.99. The first kappa shape index (κ1) is 22.1. The maximum absolute atomic E-state index is 13.6. The summed E-state index contributed by atoms with van der Waals surface area (Å²) in [5.41, 5.74) is 2.37. The first-order valence-electron chi connectivity index (χ1n) is 10.5. The SMILES string of the molecule is Cc1ccccc1-n1c(SCC(=O)N2CCOCC2)nc(O)c(Cc2ccccc2)c1=O. The van der Waals surface area contributed by atoms with Crippen LogP contribution in [-0.4, -0.2) is 57.5 Å². The molecule has 8 heteroatoms. The number of para-hydroxylation sites is 1. The van der Waals surface area contributed by atoms with Crippen LogP contribution < -0.4 is 5.56 Å². The normalized spacial score (nSPS) is 13.8. The monoisotopic (exact) mass is 451 g/mol. The topological polar surface area (TPSA) is 84.7 Å². The Hall–Kier alpha value is -3.10. The molecule has 1 aliphatic rings. The molecule has 4 rings (SSSR count).